The van der Waals surface area contributed by atoms with Crippen LogP contribution in [0.4, 0.5) is 0 Å². The molecule has 22 heavy (non-hydrogen) atoms. The summed E-state index contributed by atoms with van der Waals surface area (Å²) in [4.78, 5) is 5.75. The van der Waals surface area contributed by atoms with E-state index in [1.807, 2.05) is 22.8 Å². The lowest BCUT2D eigenvalue weighted by Crippen LogP contribution is -2.17. The number of ether oxygens (including phenoxy) is 2. The first-order valence-electron chi connectivity index (χ1n) is 7.07. The largest absolute Gasteiger partial charge is 0.493 e. The average Bonchev–Trinajstić information content (AvgIpc) is 2.82. The first-order chi connectivity index (χ1) is 10.3. The Morgan fingerprint density at radius 2 is 1.82 bits per heavy atom. The van der Waals surface area contributed by atoms with Crippen LogP contribution in [0.5, 0.6) is 11.5 Å². The maximum atomic E-state index is 10.5. The Morgan fingerprint density at radius 1 is 1.18 bits per heavy atom. The van der Waals surface area contributed by atoms with Crippen LogP contribution in [0.25, 0.3) is 11.0 Å². The second-order valence-corrected chi connectivity index (χ2v) is 7.27. The molecule has 0 radical (unpaired) electrons. The molecule has 0 aliphatic carbocycles. The van der Waals surface area contributed by atoms with E-state index in [0.717, 1.165) is 21.1 Å². The predicted molar refractivity (Wildman–Crippen MR) is 87.5 cm³/mol. The fourth-order valence-electron chi connectivity index (χ4n) is 2.47. The highest BCUT2D eigenvalue weighted by Gasteiger charge is 2.29. The maximum absolute atomic E-state index is 10.5. The highest BCUT2D eigenvalue weighted by molar-refractivity contribution is 8.03. The van der Waals surface area contributed by atoms with Gasteiger partial charge in [0.2, 0.25) is 0 Å². The highest BCUT2D eigenvalue weighted by atomic mass is 32.2. The molecule has 0 bridgehead atoms. The molecule has 1 aromatic heterocycles. The van der Waals surface area contributed by atoms with Crippen LogP contribution in [0.15, 0.2) is 28.3 Å². The molecule has 0 saturated heterocycles. The van der Waals surface area contributed by atoms with E-state index < -0.39 is 6.23 Å². The summed E-state index contributed by atoms with van der Waals surface area (Å²) in [6.45, 7) is 6.38. The summed E-state index contributed by atoms with van der Waals surface area (Å²) in [5, 5.41) is 11.3. The van der Waals surface area contributed by atoms with E-state index in [9.17, 15) is 5.11 Å². The van der Waals surface area contributed by atoms with Crippen molar-refractivity contribution in [2.45, 2.75) is 32.2 Å². The summed E-state index contributed by atoms with van der Waals surface area (Å²) in [5.41, 5.74) is 1.59. The van der Waals surface area contributed by atoms with Crippen LogP contribution < -0.4 is 9.47 Å². The van der Waals surface area contributed by atoms with Gasteiger partial charge in [0.05, 0.1) is 25.3 Å². The van der Waals surface area contributed by atoms with Gasteiger partial charge in [0.15, 0.2) is 22.9 Å². The number of allylic oxidation sites excluding steroid dienone is 1. The van der Waals surface area contributed by atoms with Gasteiger partial charge in [0, 0.05) is 12.1 Å². The summed E-state index contributed by atoms with van der Waals surface area (Å²) < 4.78 is 12.5. The van der Waals surface area contributed by atoms with Crippen LogP contribution in [0.1, 0.15) is 27.0 Å². The summed E-state index contributed by atoms with van der Waals surface area (Å²) >= 11 is 1.59. The van der Waals surface area contributed by atoms with Crippen LogP contribution in [0.3, 0.4) is 0 Å². The van der Waals surface area contributed by atoms with E-state index in [1.54, 1.807) is 26.0 Å². The number of benzene rings is 1. The number of fused-ring (bicyclic) bond motifs is 3. The predicted octanol–water partition coefficient (Wildman–Crippen LogP) is 3.58. The van der Waals surface area contributed by atoms with Crippen LogP contribution in [-0.2, 0) is 0 Å². The van der Waals surface area contributed by atoms with Gasteiger partial charge in [-0.2, -0.15) is 0 Å². The Kier molecular flexibility index (Phi) is 3.61. The molecule has 1 atom stereocenters. The number of hydrogen-bond acceptors (Lipinski definition) is 5. The molecule has 0 spiro atoms. The molecule has 118 valence electrons. The molecule has 1 N–H and O–H groups in total. The Bertz CT molecular complexity index is 759. The smallest absolute Gasteiger partial charge is 0.176 e. The monoisotopic (exact) mass is 320 g/mol. The Hall–Kier alpha value is -1.66. The zero-order valence-corrected chi connectivity index (χ0v) is 14.2. The molecular formula is C16H20N2O3S. The lowest BCUT2D eigenvalue weighted by Gasteiger charge is -2.28. The van der Waals surface area contributed by atoms with E-state index in [2.05, 4.69) is 25.8 Å². The molecule has 2 aromatic rings. The number of aromatic nitrogens is 2. The van der Waals surface area contributed by atoms with Crippen LogP contribution in [-0.4, -0.2) is 28.9 Å². The molecule has 1 unspecified atom stereocenters. The highest BCUT2D eigenvalue weighted by Crippen LogP contribution is 2.46. The van der Waals surface area contributed by atoms with Crippen LogP contribution in [0.2, 0.25) is 0 Å². The molecule has 2 heterocycles. The number of aliphatic hydroxyl groups is 1. The molecular weight excluding hydrogens is 300 g/mol. The summed E-state index contributed by atoms with van der Waals surface area (Å²) in [7, 11) is 3.20. The third-order valence-corrected chi connectivity index (χ3v) is 5.11. The van der Waals surface area contributed by atoms with Crippen molar-refractivity contribution in [3.63, 3.8) is 0 Å². The fraction of sp³-hybridized carbons (Fsp3) is 0.438. The maximum Gasteiger partial charge on any atom is 0.176 e. The molecule has 3 rings (SSSR count). The van der Waals surface area contributed by atoms with Gasteiger partial charge in [-0.25, -0.2) is 4.98 Å². The number of nitrogens with zero attached hydrogens (tertiary/aromatic N) is 2. The van der Waals surface area contributed by atoms with Gasteiger partial charge in [-0.3, -0.25) is 4.57 Å². The van der Waals surface area contributed by atoms with Crippen molar-refractivity contribution in [1.82, 2.24) is 9.55 Å². The van der Waals surface area contributed by atoms with Gasteiger partial charge in [-0.1, -0.05) is 32.5 Å². The van der Waals surface area contributed by atoms with E-state index in [0.29, 0.717) is 11.5 Å². The lowest BCUT2D eigenvalue weighted by atomic mass is 9.95. The number of aliphatic hydroxyl groups excluding tert-OH is 1. The summed E-state index contributed by atoms with van der Waals surface area (Å²) in [6.07, 6.45) is 1.16. The minimum Gasteiger partial charge on any atom is -0.493 e. The van der Waals surface area contributed by atoms with Crippen LogP contribution >= 0.6 is 11.8 Å². The Balaban J connectivity index is 2.17. The number of rotatable bonds is 2. The zero-order chi connectivity index (χ0) is 16.1. The van der Waals surface area contributed by atoms with Crippen molar-refractivity contribution in [3.8, 4) is 11.5 Å². The minimum absolute atomic E-state index is 0.0234. The Morgan fingerprint density at radius 3 is 2.41 bits per heavy atom. The number of methoxy groups -OCH3 is 2. The normalized spacial score (nSPS) is 18.1. The van der Waals surface area contributed by atoms with E-state index in [-0.39, 0.29) is 5.41 Å². The standard InChI is InChI=1S/C16H20N2O3S/c1-16(2,3)13-8-14(19)18-10-7-12(21-5)11(20-4)6-9(10)17-15(18)22-13/h6-8,14,19H,1-5H3. The lowest BCUT2D eigenvalue weighted by molar-refractivity contribution is 0.146. The van der Waals surface area contributed by atoms with Crippen LogP contribution in [0, 0.1) is 5.41 Å². The summed E-state index contributed by atoms with van der Waals surface area (Å²) in [5.74, 6) is 1.26. The average molecular weight is 320 g/mol. The van der Waals surface area contributed by atoms with Gasteiger partial charge in [0.25, 0.3) is 0 Å². The van der Waals surface area contributed by atoms with Gasteiger partial charge < -0.3 is 14.6 Å². The molecule has 0 amide bonds. The first kappa shape index (κ1) is 15.2. The van der Waals surface area contributed by atoms with Gasteiger partial charge in [-0.15, -0.1) is 0 Å². The van der Waals surface area contributed by atoms with Crippen molar-refractivity contribution in [1.29, 1.82) is 0 Å². The molecule has 5 nitrogen and oxygen atoms in total. The van der Waals surface area contributed by atoms with Crippen molar-refractivity contribution in [3.05, 3.63) is 23.1 Å². The quantitative estimate of drug-likeness (QED) is 0.916. The van der Waals surface area contributed by atoms with E-state index >= 15 is 0 Å². The third kappa shape index (κ3) is 2.36. The number of thioether (sulfide) groups is 1. The molecule has 1 aliphatic heterocycles. The molecule has 0 saturated carbocycles. The van der Waals surface area contributed by atoms with Gasteiger partial charge in [0.1, 0.15) is 0 Å². The van der Waals surface area contributed by atoms with Crippen molar-refractivity contribution < 1.29 is 14.6 Å². The first-order valence-corrected chi connectivity index (χ1v) is 7.89. The number of imidazole rings is 1. The van der Waals surface area contributed by atoms with Crippen molar-refractivity contribution >= 4 is 22.8 Å². The SMILES string of the molecule is COc1cc2nc3n(c2cc1OC)C(O)C=C(C(C)(C)C)S3. The minimum atomic E-state index is -0.728. The molecule has 1 aliphatic rings. The van der Waals surface area contributed by atoms with Gasteiger partial charge in [-0.05, 0) is 16.4 Å². The molecule has 0 fully saturated rings. The number of hydrogen-bond donors (Lipinski definition) is 1. The summed E-state index contributed by atoms with van der Waals surface area (Å²) in [6, 6.07) is 3.69. The van der Waals surface area contributed by atoms with Crippen molar-refractivity contribution in [2.75, 3.05) is 14.2 Å². The Labute approximate surface area is 133 Å². The van der Waals surface area contributed by atoms with E-state index in [4.69, 9.17) is 9.47 Å². The van der Waals surface area contributed by atoms with E-state index in [1.165, 1.54) is 0 Å². The fourth-order valence-corrected chi connectivity index (χ4v) is 3.61. The zero-order valence-electron chi connectivity index (χ0n) is 13.4. The third-order valence-electron chi connectivity index (χ3n) is 3.67. The second-order valence-electron chi connectivity index (χ2n) is 6.26. The molecule has 1 aromatic carbocycles. The van der Waals surface area contributed by atoms with Gasteiger partial charge >= 0.3 is 0 Å². The topological polar surface area (TPSA) is 56.5 Å². The van der Waals surface area contributed by atoms with Crippen molar-refractivity contribution in [2.24, 2.45) is 5.41 Å². The second kappa shape index (κ2) is 5.21. The molecule has 6 heteroatoms.